The largest absolute Gasteiger partial charge is 0.345 e. The standard InChI is InChI=1S/C14H17N3O/c1-2-11-12-10(8-18)7-15-14(12)17-13(16-11)9-5-3-4-6-9/h7-9H,2-6H2,1H3,(H,15,16,17). The molecule has 1 fully saturated rings. The van der Waals surface area contributed by atoms with Crippen molar-refractivity contribution in [3.05, 3.63) is 23.3 Å². The molecule has 0 saturated heterocycles. The molecule has 2 aromatic rings. The lowest BCUT2D eigenvalue weighted by atomic mass is 10.1. The van der Waals surface area contributed by atoms with Crippen LogP contribution in [0.1, 0.15) is 60.4 Å². The smallest absolute Gasteiger partial charge is 0.152 e. The molecule has 4 heteroatoms. The van der Waals surface area contributed by atoms with E-state index in [0.29, 0.717) is 11.5 Å². The fourth-order valence-electron chi connectivity index (χ4n) is 2.87. The van der Waals surface area contributed by atoms with Crippen molar-refractivity contribution in [1.29, 1.82) is 0 Å². The normalized spacial score (nSPS) is 16.5. The summed E-state index contributed by atoms with van der Waals surface area (Å²) in [5.74, 6) is 1.46. The fourth-order valence-corrected chi connectivity index (χ4v) is 2.87. The first-order valence-electron chi connectivity index (χ1n) is 6.66. The summed E-state index contributed by atoms with van der Waals surface area (Å²) in [4.78, 5) is 23.4. The van der Waals surface area contributed by atoms with Crippen LogP contribution in [-0.2, 0) is 6.42 Å². The van der Waals surface area contributed by atoms with Gasteiger partial charge < -0.3 is 4.98 Å². The number of carbonyl (C=O) groups excluding carboxylic acids is 1. The molecule has 18 heavy (non-hydrogen) atoms. The van der Waals surface area contributed by atoms with E-state index in [4.69, 9.17) is 4.98 Å². The molecule has 0 unspecified atom stereocenters. The number of aryl methyl sites for hydroxylation is 1. The number of H-pyrrole nitrogens is 1. The Hall–Kier alpha value is -1.71. The summed E-state index contributed by atoms with van der Waals surface area (Å²) in [5.41, 5.74) is 2.47. The Kier molecular flexibility index (Phi) is 2.86. The third-order valence-corrected chi connectivity index (χ3v) is 3.84. The van der Waals surface area contributed by atoms with Crippen LogP contribution < -0.4 is 0 Å². The quantitative estimate of drug-likeness (QED) is 0.843. The maximum absolute atomic E-state index is 11.0. The monoisotopic (exact) mass is 243 g/mol. The van der Waals surface area contributed by atoms with Gasteiger partial charge in [0.15, 0.2) is 6.29 Å². The lowest BCUT2D eigenvalue weighted by Gasteiger charge is -2.09. The van der Waals surface area contributed by atoms with E-state index in [0.717, 1.165) is 35.3 Å². The zero-order valence-corrected chi connectivity index (χ0v) is 10.6. The third-order valence-electron chi connectivity index (χ3n) is 3.84. The van der Waals surface area contributed by atoms with Crippen LogP contribution >= 0.6 is 0 Å². The summed E-state index contributed by atoms with van der Waals surface area (Å²) in [6.07, 6.45) is 8.36. The Balaban J connectivity index is 2.16. The average molecular weight is 243 g/mol. The third kappa shape index (κ3) is 1.72. The van der Waals surface area contributed by atoms with E-state index in [9.17, 15) is 4.79 Å². The molecule has 0 amide bonds. The van der Waals surface area contributed by atoms with Gasteiger partial charge in [0.1, 0.15) is 11.5 Å². The van der Waals surface area contributed by atoms with Crippen molar-refractivity contribution >= 4 is 17.3 Å². The highest BCUT2D eigenvalue weighted by Gasteiger charge is 2.22. The zero-order valence-electron chi connectivity index (χ0n) is 10.6. The van der Waals surface area contributed by atoms with E-state index in [1.54, 1.807) is 6.20 Å². The van der Waals surface area contributed by atoms with Gasteiger partial charge in [0.25, 0.3) is 0 Å². The second kappa shape index (κ2) is 4.52. The Morgan fingerprint density at radius 1 is 1.39 bits per heavy atom. The maximum atomic E-state index is 11.0. The highest BCUT2D eigenvalue weighted by Crippen LogP contribution is 2.33. The number of hydrogen-bond acceptors (Lipinski definition) is 3. The summed E-state index contributed by atoms with van der Waals surface area (Å²) >= 11 is 0. The zero-order chi connectivity index (χ0) is 12.5. The molecule has 2 aromatic heterocycles. The SMILES string of the molecule is CCc1nc(C2CCCC2)nc2[nH]cc(C=O)c12. The van der Waals surface area contributed by atoms with Gasteiger partial charge in [-0.1, -0.05) is 19.8 Å². The predicted molar refractivity (Wildman–Crippen MR) is 69.9 cm³/mol. The van der Waals surface area contributed by atoms with Crippen LogP contribution in [0.25, 0.3) is 11.0 Å². The van der Waals surface area contributed by atoms with Gasteiger partial charge in [0, 0.05) is 17.7 Å². The van der Waals surface area contributed by atoms with Crippen molar-refractivity contribution < 1.29 is 4.79 Å². The van der Waals surface area contributed by atoms with Gasteiger partial charge in [-0.25, -0.2) is 9.97 Å². The molecule has 1 aliphatic rings. The molecule has 0 aromatic carbocycles. The molecular weight excluding hydrogens is 226 g/mol. The minimum atomic E-state index is 0.502. The van der Waals surface area contributed by atoms with E-state index in [1.165, 1.54) is 25.7 Å². The molecule has 0 radical (unpaired) electrons. The number of aldehydes is 1. The molecule has 94 valence electrons. The first kappa shape index (κ1) is 11.4. The summed E-state index contributed by atoms with van der Waals surface area (Å²) in [5, 5.41) is 0.897. The van der Waals surface area contributed by atoms with Gasteiger partial charge in [0.2, 0.25) is 0 Å². The second-order valence-electron chi connectivity index (χ2n) is 4.95. The molecule has 1 aliphatic carbocycles. The number of aromatic nitrogens is 3. The van der Waals surface area contributed by atoms with Gasteiger partial charge in [-0.05, 0) is 19.3 Å². The average Bonchev–Trinajstić information content (AvgIpc) is 3.06. The summed E-state index contributed by atoms with van der Waals surface area (Å²) in [7, 11) is 0. The van der Waals surface area contributed by atoms with Crippen molar-refractivity contribution in [3.63, 3.8) is 0 Å². The number of nitrogens with one attached hydrogen (secondary N) is 1. The number of carbonyl (C=O) groups is 1. The van der Waals surface area contributed by atoms with Gasteiger partial charge in [-0.3, -0.25) is 4.79 Å². The van der Waals surface area contributed by atoms with Crippen LogP contribution in [0, 0.1) is 0 Å². The molecule has 1 N–H and O–H groups in total. The van der Waals surface area contributed by atoms with Crippen molar-refractivity contribution in [2.45, 2.75) is 44.9 Å². The molecule has 1 saturated carbocycles. The van der Waals surface area contributed by atoms with Crippen LogP contribution in [0.4, 0.5) is 0 Å². The van der Waals surface area contributed by atoms with E-state index in [-0.39, 0.29) is 0 Å². The number of fused-ring (bicyclic) bond motifs is 1. The van der Waals surface area contributed by atoms with E-state index in [1.807, 2.05) is 0 Å². The van der Waals surface area contributed by atoms with Crippen LogP contribution in [0.15, 0.2) is 6.20 Å². The van der Waals surface area contributed by atoms with Gasteiger partial charge in [0.05, 0.1) is 11.1 Å². The lowest BCUT2D eigenvalue weighted by Crippen LogP contribution is -2.04. The molecule has 3 rings (SSSR count). The Bertz CT molecular complexity index is 582. The molecule has 2 heterocycles. The first-order chi connectivity index (χ1) is 8.83. The number of hydrogen-bond donors (Lipinski definition) is 1. The Labute approximate surface area is 106 Å². The molecule has 0 aliphatic heterocycles. The van der Waals surface area contributed by atoms with Crippen LogP contribution in [0.2, 0.25) is 0 Å². The number of rotatable bonds is 3. The van der Waals surface area contributed by atoms with E-state index in [2.05, 4.69) is 16.9 Å². The number of aromatic amines is 1. The summed E-state index contributed by atoms with van der Waals surface area (Å²) in [6, 6.07) is 0. The van der Waals surface area contributed by atoms with Crippen LogP contribution in [0.3, 0.4) is 0 Å². The lowest BCUT2D eigenvalue weighted by molar-refractivity contribution is 0.112. The molecule has 4 nitrogen and oxygen atoms in total. The van der Waals surface area contributed by atoms with Gasteiger partial charge >= 0.3 is 0 Å². The summed E-state index contributed by atoms with van der Waals surface area (Å²) in [6.45, 7) is 2.07. The van der Waals surface area contributed by atoms with E-state index < -0.39 is 0 Å². The Morgan fingerprint density at radius 3 is 2.83 bits per heavy atom. The molecule has 0 bridgehead atoms. The van der Waals surface area contributed by atoms with Crippen molar-refractivity contribution in [3.8, 4) is 0 Å². The molecule has 0 atom stereocenters. The van der Waals surface area contributed by atoms with Crippen molar-refractivity contribution in [2.75, 3.05) is 0 Å². The predicted octanol–water partition coefficient (Wildman–Crippen LogP) is 2.99. The van der Waals surface area contributed by atoms with Crippen LogP contribution in [-0.4, -0.2) is 21.2 Å². The Morgan fingerprint density at radius 2 is 2.17 bits per heavy atom. The van der Waals surface area contributed by atoms with Crippen molar-refractivity contribution in [1.82, 2.24) is 15.0 Å². The first-order valence-corrected chi connectivity index (χ1v) is 6.66. The topological polar surface area (TPSA) is 58.6 Å². The van der Waals surface area contributed by atoms with Gasteiger partial charge in [-0.2, -0.15) is 0 Å². The minimum Gasteiger partial charge on any atom is -0.345 e. The van der Waals surface area contributed by atoms with Gasteiger partial charge in [-0.15, -0.1) is 0 Å². The maximum Gasteiger partial charge on any atom is 0.152 e. The van der Waals surface area contributed by atoms with Crippen LogP contribution in [0.5, 0.6) is 0 Å². The number of nitrogens with zero attached hydrogens (tertiary/aromatic N) is 2. The molecule has 0 spiro atoms. The minimum absolute atomic E-state index is 0.502. The fraction of sp³-hybridized carbons (Fsp3) is 0.500. The second-order valence-corrected chi connectivity index (χ2v) is 4.95. The highest BCUT2D eigenvalue weighted by atomic mass is 16.1. The highest BCUT2D eigenvalue weighted by molar-refractivity contribution is 5.97. The summed E-state index contributed by atoms with van der Waals surface area (Å²) < 4.78 is 0. The van der Waals surface area contributed by atoms with E-state index >= 15 is 0 Å². The van der Waals surface area contributed by atoms with Crippen molar-refractivity contribution in [2.24, 2.45) is 0 Å². The molecular formula is C14H17N3O.